The number of anilines is 1. The van der Waals surface area contributed by atoms with Crippen molar-refractivity contribution in [3.63, 3.8) is 0 Å². The average Bonchev–Trinajstić information content (AvgIpc) is 3.11. The molecule has 1 aromatic carbocycles. The normalized spacial score (nSPS) is 24.4. The largest absolute Gasteiger partial charge is 0.484 e. The monoisotopic (exact) mass is 314 g/mol. The molecule has 3 unspecified atom stereocenters. The standard InChI is InChI=1S/C18H22N2O3/c1-3-8-18(9-5-10-19-18)17(12(2)21)23-15-7-4-6-14-13(15)11-16(22)20-14/h4-7,9-10,12,17,21H,3,8,11H2,1-2H3,(H,20,22). The summed E-state index contributed by atoms with van der Waals surface area (Å²) in [5.41, 5.74) is 1.08. The van der Waals surface area contributed by atoms with Crippen molar-refractivity contribution in [3.05, 3.63) is 35.9 Å². The summed E-state index contributed by atoms with van der Waals surface area (Å²) in [6, 6.07) is 5.55. The first-order valence-corrected chi connectivity index (χ1v) is 8.05. The van der Waals surface area contributed by atoms with Crippen LogP contribution in [0.3, 0.4) is 0 Å². The third kappa shape index (κ3) is 2.88. The van der Waals surface area contributed by atoms with Gasteiger partial charge in [-0.05, 0) is 31.6 Å². The molecule has 2 aliphatic rings. The molecule has 2 N–H and O–H groups in total. The Morgan fingerprint density at radius 1 is 1.48 bits per heavy atom. The smallest absolute Gasteiger partial charge is 0.229 e. The van der Waals surface area contributed by atoms with Crippen LogP contribution in [-0.4, -0.2) is 35.0 Å². The van der Waals surface area contributed by atoms with Gasteiger partial charge in [0.15, 0.2) is 6.10 Å². The minimum absolute atomic E-state index is 0.0355. The quantitative estimate of drug-likeness (QED) is 0.847. The molecule has 3 atom stereocenters. The average molecular weight is 314 g/mol. The summed E-state index contributed by atoms with van der Waals surface area (Å²) in [6.07, 6.45) is 6.49. The van der Waals surface area contributed by atoms with Gasteiger partial charge in [-0.2, -0.15) is 0 Å². The highest BCUT2D eigenvalue weighted by molar-refractivity contribution is 6.00. The SMILES string of the molecule is CCCC1(C(Oc2cccc3c2CC(=O)N3)C(C)O)C=CC=N1. The number of nitrogens with one attached hydrogen (secondary N) is 1. The summed E-state index contributed by atoms with van der Waals surface area (Å²) in [7, 11) is 0. The molecule has 1 aromatic rings. The topological polar surface area (TPSA) is 70.9 Å². The number of ether oxygens (including phenoxy) is 1. The molecule has 0 aromatic heterocycles. The first-order chi connectivity index (χ1) is 11.1. The molecule has 2 aliphatic heterocycles. The van der Waals surface area contributed by atoms with E-state index in [1.165, 1.54) is 0 Å². The zero-order chi connectivity index (χ0) is 16.4. The number of amides is 1. The molecule has 23 heavy (non-hydrogen) atoms. The molecule has 2 heterocycles. The van der Waals surface area contributed by atoms with Gasteiger partial charge in [0.05, 0.1) is 12.5 Å². The van der Waals surface area contributed by atoms with Gasteiger partial charge in [0.2, 0.25) is 5.91 Å². The second-order valence-corrected chi connectivity index (χ2v) is 6.16. The van der Waals surface area contributed by atoms with Gasteiger partial charge in [0.1, 0.15) is 11.3 Å². The van der Waals surface area contributed by atoms with Crippen molar-refractivity contribution in [2.24, 2.45) is 4.99 Å². The molecule has 0 aliphatic carbocycles. The summed E-state index contributed by atoms with van der Waals surface area (Å²) < 4.78 is 6.20. The second kappa shape index (κ2) is 6.16. The molecule has 0 saturated heterocycles. The number of aliphatic hydroxyl groups is 1. The van der Waals surface area contributed by atoms with Crippen molar-refractivity contribution in [1.29, 1.82) is 0 Å². The van der Waals surface area contributed by atoms with E-state index in [2.05, 4.69) is 17.2 Å². The van der Waals surface area contributed by atoms with E-state index < -0.39 is 17.7 Å². The van der Waals surface area contributed by atoms with Gasteiger partial charge >= 0.3 is 0 Å². The van der Waals surface area contributed by atoms with Crippen LogP contribution >= 0.6 is 0 Å². The van der Waals surface area contributed by atoms with Crippen LogP contribution in [-0.2, 0) is 11.2 Å². The van der Waals surface area contributed by atoms with Crippen molar-refractivity contribution in [1.82, 2.24) is 0 Å². The molecule has 0 saturated carbocycles. The van der Waals surface area contributed by atoms with Gasteiger partial charge in [-0.25, -0.2) is 0 Å². The first-order valence-electron chi connectivity index (χ1n) is 8.05. The summed E-state index contributed by atoms with van der Waals surface area (Å²) in [5.74, 6) is 0.601. The molecule has 0 bridgehead atoms. The Kier molecular flexibility index (Phi) is 4.22. The van der Waals surface area contributed by atoms with E-state index in [4.69, 9.17) is 4.74 Å². The molecule has 0 spiro atoms. The fraction of sp³-hybridized carbons (Fsp3) is 0.444. The van der Waals surface area contributed by atoms with Crippen molar-refractivity contribution < 1.29 is 14.6 Å². The van der Waals surface area contributed by atoms with Crippen LogP contribution in [0, 0.1) is 0 Å². The van der Waals surface area contributed by atoms with Gasteiger partial charge in [0, 0.05) is 17.5 Å². The lowest BCUT2D eigenvalue weighted by atomic mass is 9.85. The Balaban J connectivity index is 1.93. The third-order valence-corrected chi connectivity index (χ3v) is 4.37. The number of aliphatic hydroxyl groups excluding tert-OH is 1. The van der Waals surface area contributed by atoms with Crippen LogP contribution < -0.4 is 10.1 Å². The molecule has 5 nitrogen and oxygen atoms in total. The summed E-state index contributed by atoms with van der Waals surface area (Å²) in [6.45, 7) is 3.81. The number of hydrogen-bond donors (Lipinski definition) is 2. The molecule has 3 rings (SSSR count). The van der Waals surface area contributed by atoms with E-state index >= 15 is 0 Å². The minimum atomic E-state index is -0.692. The van der Waals surface area contributed by atoms with Gasteiger partial charge in [0.25, 0.3) is 0 Å². The number of benzene rings is 1. The predicted octanol–water partition coefficient (Wildman–Crippen LogP) is 2.49. The zero-order valence-corrected chi connectivity index (χ0v) is 13.5. The van der Waals surface area contributed by atoms with E-state index in [9.17, 15) is 9.90 Å². The number of rotatable bonds is 6. The number of hydrogen-bond acceptors (Lipinski definition) is 4. The van der Waals surface area contributed by atoms with E-state index in [-0.39, 0.29) is 5.91 Å². The van der Waals surface area contributed by atoms with Gasteiger partial charge in [-0.1, -0.05) is 25.5 Å². The number of carbonyl (C=O) groups excluding carboxylic acids is 1. The molecular formula is C18H22N2O3. The number of nitrogens with zero attached hydrogens (tertiary/aromatic N) is 1. The van der Waals surface area contributed by atoms with Crippen molar-refractivity contribution in [2.75, 3.05) is 5.32 Å². The van der Waals surface area contributed by atoms with E-state index in [1.54, 1.807) is 13.1 Å². The number of fused-ring (bicyclic) bond motifs is 1. The summed E-state index contributed by atoms with van der Waals surface area (Å²) in [5, 5.41) is 13.1. The molecule has 0 fully saturated rings. The van der Waals surface area contributed by atoms with Crippen LogP contribution in [0.2, 0.25) is 0 Å². The number of aliphatic imine (C=N–C) groups is 1. The molecule has 0 radical (unpaired) electrons. The fourth-order valence-electron chi connectivity index (χ4n) is 3.38. The van der Waals surface area contributed by atoms with Crippen molar-refractivity contribution in [3.8, 4) is 5.75 Å². The van der Waals surface area contributed by atoms with Crippen LogP contribution in [0.1, 0.15) is 32.3 Å². The Morgan fingerprint density at radius 3 is 2.96 bits per heavy atom. The van der Waals surface area contributed by atoms with E-state index in [1.807, 2.05) is 30.4 Å². The molecule has 122 valence electrons. The Morgan fingerprint density at radius 2 is 2.30 bits per heavy atom. The van der Waals surface area contributed by atoms with Gasteiger partial charge < -0.3 is 15.2 Å². The number of allylic oxidation sites excluding steroid dienone is 1. The van der Waals surface area contributed by atoms with Crippen LogP contribution in [0.5, 0.6) is 5.75 Å². The minimum Gasteiger partial charge on any atom is -0.484 e. The maximum absolute atomic E-state index is 11.6. The zero-order valence-electron chi connectivity index (χ0n) is 13.5. The summed E-state index contributed by atoms with van der Waals surface area (Å²) in [4.78, 5) is 16.2. The lowest BCUT2D eigenvalue weighted by molar-refractivity contribution is -0.115. The lowest BCUT2D eigenvalue weighted by Gasteiger charge is -2.36. The van der Waals surface area contributed by atoms with Gasteiger partial charge in [-0.3, -0.25) is 9.79 Å². The maximum atomic E-state index is 11.6. The maximum Gasteiger partial charge on any atom is 0.229 e. The molecule has 5 heteroatoms. The van der Waals surface area contributed by atoms with E-state index in [0.29, 0.717) is 12.2 Å². The molecular weight excluding hydrogens is 292 g/mol. The fourth-order valence-corrected chi connectivity index (χ4v) is 3.38. The Hall–Kier alpha value is -2.14. The summed E-state index contributed by atoms with van der Waals surface area (Å²) >= 11 is 0. The number of carbonyl (C=O) groups is 1. The second-order valence-electron chi connectivity index (χ2n) is 6.16. The highest BCUT2D eigenvalue weighted by Crippen LogP contribution is 2.37. The van der Waals surface area contributed by atoms with Crippen LogP contribution in [0.4, 0.5) is 5.69 Å². The highest BCUT2D eigenvalue weighted by Gasteiger charge is 2.42. The first kappa shape index (κ1) is 15.7. The van der Waals surface area contributed by atoms with Crippen molar-refractivity contribution >= 4 is 17.8 Å². The Labute approximate surface area is 136 Å². The van der Waals surface area contributed by atoms with Crippen LogP contribution in [0.15, 0.2) is 35.3 Å². The highest BCUT2D eigenvalue weighted by atomic mass is 16.5. The molecule has 1 amide bonds. The predicted molar refractivity (Wildman–Crippen MR) is 90.1 cm³/mol. The van der Waals surface area contributed by atoms with E-state index in [0.717, 1.165) is 24.1 Å². The Bertz CT molecular complexity index is 652. The lowest BCUT2D eigenvalue weighted by Crippen LogP contribution is -2.48. The van der Waals surface area contributed by atoms with Crippen LogP contribution in [0.25, 0.3) is 0 Å². The van der Waals surface area contributed by atoms with Gasteiger partial charge in [-0.15, -0.1) is 0 Å². The third-order valence-electron chi connectivity index (χ3n) is 4.37. The van der Waals surface area contributed by atoms with Crippen molar-refractivity contribution in [2.45, 2.75) is 50.9 Å².